The van der Waals surface area contributed by atoms with Crippen molar-refractivity contribution in [1.82, 2.24) is 5.32 Å². The zero-order chi connectivity index (χ0) is 21.5. The van der Waals surface area contributed by atoms with Crippen molar-refractivity contribution in [3.05, 3.63) is 65.2 Å². The molecule has 160 valence electrons. The Morgan fingerprint density at radius 3 is 2.37 bits per heavy atom. The molecule has 5 heteroatoms. The van der Waals surface area contributed by atoms with Gasteiger partial charge in [0.25, 0.3) is 0 Å². The monoisotopic (exact) mass is 408 g/mol. The second kappa shape index (κ2) is 10.3. The van der Waals surface area contributed by atoms with Crippen molar-refractivity contribution in [3.63, 3.8) is 0 Å². The van der Waals surface area contributed by atoms with Gasteiger partial charge in [-0.3, -0.25) is 4.79 Å². The van der Waals surface area contributed by atoms with Gasteiger partial charge in [0.2, 0.25) is 5.91 Å². The highest BCUT2D eigenvalue weighted by Gasteiger charge is 2.28. The summed E-state index contributed by atoms with van der Waals surface area (Å²) in [5.41, 5.74) is 3.48. The van der Waals surface area contributed by atoms with Gasteiger partial charge in [0.05, 0.1) is 18.1 Å². The second-order valence-electron chi connectivity index (χ2n) is 7.90. The molecule has 1 saturated heterocycles. The van der Waals surface area contributed by atoms with Crippen LogP contribution in [-0.2, 0) is 9.53 Å². The number of ether oxygens (including phenoxy) is 1. The fraction of sp³-hybridized carbons (Fsp3) is 0.440. The molecule has 0 aromatic heterocycles. The molecule has 1 aliphatic heterocycles. The summed E-state index contributed by atoms with van der Waals surface area (Å²) < 4.78 is 5.08. The minimum atomic E-state index is -0.434. The lowest BCUT2D eigenvalue weighted by molar-refractivity contribution is -0.121. The third-order valence-electron chi connectivity index (χ3n) is 5.74. The van der Waals surface area contributed by atoms with Crippen LogP contribution in [0.4, 0.5) is 5.69 Å². The Morgan fingerprint density at radius 2 is 1.73 bits per heavy atom. The molecule has 2 aromatic carbocycles. The highest BCUT2D eigenvalue weighted by Crippen LogP contribution is 2.35. The van der Waals surface area contributed by atoms with E-state index < -0.39 is 5.92 Å². The third kappa shape index (κ3) is 5.02. The first-order valence-electron chi connectivity index (χ1n) is 10.9. The van der Waals surface area contributed by atoms with Crippen LogP contribution >= 0.6 is 0 Å². The quantitative estimate of drug-likeness (QED) is 0.691. The van der Waals surface area contributed by atoms with Crippen LogP contribution in [0.3, 0.4) is 0 Å². The summed E-state index contributed by atoms with van der Waals surface area (Å²) in [5, 5.41) is 2.99. The maximum absolute atomic E-state index is 13.1. The first-order chi connectivity index (χ1) is 14.5. The minimum Gasteiger partial charge on any atom is -0.462 e. The molecule has 5 nitrogen and oxygen atoms in total. The van der Waals surface area contributed by atoms with Gasteiger partial charge < -0.3 is 15.0 Å². The molecule has 0 radical (unpaired) electrons. The number of piperidine rings is 1. The van der Waals surface area contributed by atoms with Crippen LogP contribution in [0.2, 0.25) is 0 Å². The number of amides is 1. The molecular weight excluding hydrogens is 376 g/mol. The summed E-state index contributed by atoms with van der Waals surface area (Å²) in [6.07, 6.45) is 2.32. The molecule has 1 N–H and O–H groups in total. The predicted molar refractivity (Wildman–Crippen MR) is 120 cm³/mol. The van der Waals surface area contributed by atoms with Crippen molar-refractivity contribution in [1.29, 1.82) is 0 Å². The van der Waals surface area contributed by atoms with Crippen LogP contribution in [0.5, 0.6) is 0 Å². The third-order valence-corrected chi connectivity index (χ3v) is 5.74. The molecule has 0 bridgehead atoms. The summed E-state index contributed by atoms with van der Waals surface area (Å²) >= 11 is 0. The van der Waals surface area contributed by atoms with E-state index in [0.717, 1.165) is 48.7 Å². The topological polar surface area (TPSA) is 58.6 Å². The van der Waals surface area contributed by atoms with Crippen LogP contribution in [0.1, 0.15) is 61.0 Å². The number of carbonyl (C=O) groups excluding carboxylic acids is 2. The summed E-state index contributed by atoms with van der Waals surface area (Å²) in [4.78, 5) is 27.5. The first kappa shape index (κ1) is 21.9. The molecular formula is C25H32N2O3. The smallest absolute Gasteiger partial charge is 0.338 e. The molecule has 30 heavy (non-hydrogen) atoms. The number of nitrogens with zero attached hydrogens (tertiary/aromatic N) is 1. The summed E-state index contributed by atoms with van der Waals surface area (Å²) in [6.45, 7) is 8.92. The van der Waals surface area contributed by atoms with E-state index in [2.05, 4.69) is 23.2 Å². The fourth-order valence-electron chi connectivity index (χ4n) is 4.04. The normalized spacial score (nSPS) is 15.5. The van der Waals surface area contributed by atoms with Gasteiger partial charge in [-0.2, -0.15) is 0 Å². The number of esters is 1. The van der Waals surface area contributed by atoms with Gasteiger partial charge in [-0.15, -0.1) is 0 Å². The minimum absolute atomic E-state index is 0.0285. The predicted octanol–water partition coefficient (Wildman–Crippen LogP) is 4.37. The molecule has 1 atom stereocenters. The van der Waals surface area contributed by atoms with E-state index in [1.165, 1.54) is 0 Å². The van der Waals surface area contributed by atoms with E-state index in [1.807, 2.05) is 37.3 Å². The van der Waals surface area contributed by atoms with Gasteiger partial charge in [0.15, 0.2) is 0 Å². The Labute approximate surface area is 179 Å². The standard InChI is InChI=1S/C25H32N2O3/c1-4-26-24(28)23(19-10-12-20(13-11-19)25(29)30-5-2)21-8-6-7-9-22(21)27-16-14-18(3)15-17-27/h6-13,18,23H,4-5,14-17H2,1-3H3,(H,26,28). The number of para-hydroxylation sites is 1. The number of carbonyl (C=O) groups is 2. The van der Waals surface area contributed by atoms with E-state index in [0.29, 0.717) is 18.7 Å². The van der Waals surface area contributed by atoms with Crippen LogP contribution in [0.25, 0.3) is 0 Å². The van der Waals surface area contributed by atoms with Gasteiger partial charge in [-0.25, -0.2) is 4.79 Å². The number of hydrogen-bond donors (Lipinski definition) is 1. The van der Waals surface area contributed by atoms with Crippen LogP contribution in [0, 0.1) is 5.92 Å². The zero-order valence-corrected chi connectivity index (χ0v) is 18.2. The Morgan fingerprint density at radius 1 is 1.07 bits per heavy atom. The fourth-order valence-corrected chi connectivity index (χ4v) is 4.04. The van der Waals surface area contributed by atoms with Gasteiger partial charge in [0, 0.05) is 25.3 Å². The van der Waals surface area contributed by atoms with E-state index in [9.17, 15) is 9.59 Å². The SMILES string of the molecule is CCNC(=O)C(c1ccc(C(=O)OCC)cc1)c1ccccc1N1CCC(C)CC1. The van der Waals surface area contributed by atoms with Crippen molar-refractivity contribution in [2.45, 2.75) is 39.5 Å². The molecule has 2 aromatic rings. The highest BCUT2D eigenvalue weighted by molar-refractivity contribution is 5.91. The molecule has 0 saturated carbocycles. The molecule has 1 heterocycles. The second-order valence-corrected chi connectivity index (χ2v) is 7.90. The van der Waals surface area contributed by atoms with Crippen LogP contribution < -0.4 is 10.2 Å². The Hall–Kier alpha value is -2.82. The van der Waals surface area contributed by atoms with E-state index in [1.54, 1.807) is 19.1 Å². The first-order valence-corrected chi connectivity index (χ1v) is 10.9. The molecule has 1 fully saturated rings. The molecule has 1 aliphatic rings. The van der Waals surface area contributed by atoms with Crippen molar-refractivity contribution in [2.75, 3.05) is 31.1 Å². The Kier molecular flexibility index (Phi) is 7.50. The van der Waals surface area contributed by atoms with Crippen LogP contribution in [0.15, 0.2) is 48.5 Å². The summed E-state index contributed by atoms with van der Waals surface area (Å²) in [6, 6.07) is 15.4. The van der Waals surface area contributed by atoms with Gasteiger partial charge in [-0.05, 0) is 61.9 Å². The molecule has 1 unspecified atom stereocenters. The lowest BCUT2D eigenvalue weighted by Crippen LogP contribution is -2.35. The number of hydrogen-bond acceptors (Lipinski definition) is 4. The average molecular weight is 409 g/mol. The van der Waals surface area contributed by atoms with Gasteiger partial charge in [-0.1, -0.05) is 37.3 Å². The summed E-state index contributed by atoms with van der Waals surface area (Å²) in [5.74, 6) is -0.0691. The largest absolute Gasteiger partial charge is 0.462 e. The van der Waals surface area contributed by atoms with Crippen molar-refractivity contribution in [2.24, 2.45) is 5.92 Å². The van der Waals surface area contributed by atoms with Crippen molar-refractivity contribution >= 4 is 17.6 Å². The number of likely N-dealkylation sites (N-methyl/N-ethyl adjacent to an activating group) is 1. The molecule has 1 amide bonds. The lowest BCUT2D eigenvalue weighted by atomic mass is 9.87. The van der Waals surface area contributed by atoms with Gasteiger partial charge >= 0.3 is 5.97 Å². The molecule has 0 spiro atoms. The molecule has 0 aliphatic carbocycles. The Bertz CT molecular complexity index is 855. The number of rotatable bonds is 7. The van der Waals surface area contributed by atoms with Crippen molar-refractivity contribution in [3.8, 4) is 0 Å². The zero-order valence-electron chi connectivity index (χ0n) is 18.2. The van der Waals surface area contributed by atoms with E-state index in [4.69, 9.17) is 4.74 Å². The van der Waals surface area contributed by atoms with Crippen LogP contribution in [-0.4, -0.2) is 38.1 Å². The van der Waals surface area contributed by atoms with E-state index >= 15 is 0 Å². The number of nitrogens with one attached hydrogen (secondary N) is 1. The average Bonchev–Trinajstić information content (AvgIpc) is 2.76. The van der Waals surface area contributed by atoms with Crippen molar-refractivity contribution < 1.29 is 14.3 Å². The van der Waals surface area contributed by atoms with Gasteiger partial charge in [0.1, 0.15) is 0 Å². The lowest BCUT2D eigenvalue weighted by Gasteiger charge is -2.34. The summed E-state index contributed by atoms with van der Waals surface area (Å²) in [7, 11) is 0. The number of benzene rings is 2. The van der Waals surface area contributed by atoms with E-state index in [-0.39, 0.29) is 11.9 Å². The molecule has 3 rings (SSSR count). The Balaban J connectivity index is 1.97. The maximum Gasteiger partial charge on any atom is 0.338 e. The number of anilines is 1. The maximum atomic E-state index is 13.1. The highest BCUT2D eigenvalue weighted by atomic mass is 16.5.